The van der Waals surface area contributed by atoms with Crippen LogP contribution in [-0.2, 0) is 0 Å². The fraction of sp³-hybridized carbons (Fsp3) is 0.333. The van der Waals surface area contributed by atoms with Gasteiger partial charge < -0.3 is 14.3 Å². The molecule has 0 aliphatic carbocycles. The molecule has 1 fully saturated rings. The molecule has 1 aromatic carbocycles. The summed E-state index contributed by atoms with van der Waals surface area (Å²) in [6.45, 7) is 7.55. The average molecular weight is 336 g/mol. The Bertz CT molecular complexity index is 852. The van der Waals surface area contributed by atoms with Crippen molar-refractivity contribution in [2.45, 2.75) is 13.8 Å². The Hall–Kier alpha value is -2.96. The third kappa shape index (κ3) is 3.17. The fourth-order valence-corrected chi connectivity index (χ4v) is 3.06. The van der Waals surface area contributed by atoms with E-state index < -0.39 is 0 Å². The summed E-state index contributed by atoms with van der Waals surface area (Å²) in [6, 6.07) is 8.68. The lowest BCUT2D eigenvalue weighted by atomic mass is 10.2. The minimum absolute atomic E-state index is 0.467. The predicted octanol–water partition coefficient (Wildman–Crippen LogP) is 2.47. The first-order valence-corrected chi connectivity index (χ1v) is 8.38. The van der Waals surface area contributed by atoms with Crippen LogP contribution in [0.1, 0.15) is 11.4 Å². The van der Waals surface area contributed by atoms with Crippen molar-refractivity contribution in [2.24, 2.45) is 0 Å². The normalized spacial score (nSPS) is 14.8. The van der Waals surface area contributed by atoms with E-state index in [9.17, 15) is 0 Å². The van der Waals surface area contributed by atoms with Crippen molar-refractivity contribution >= 4 is 11.5 Å². The molecular weight excluding hydrogens is 316 g/mol. The van der Waals surface area contributed by atoms with Gasteiger partial charge in [-0.05, 0) is 26.0 Å². The molecule has 7 nitrogen and oxygen atoms in total. The zero-order chi connectivity index (χ0) is 17.2. The minimum atomic E-state index is 0.467. The zero-order valence-corrected chi connectivity index (χ0v) is 14.4. The number of rotatable bonds is 3. The van der Waals surface area contributed by atoms with Gasteiger partial charge in [0.1, 0.15) is 17.7 Å². The quantitative estimate of drug-likeness (QED) is 0.727. The summed E-state index contributed by atoms with van der Waals surface area (Å²) in [6.07, 6.45) is 3.30. The highest BCUT2D eigenvalue weighted by molar-refractivity contribution is 5.69. The summed E-state index contributed by atoms with van der Waals surface area (Å²) in [5, 5.41) is 3.87. The van der Waals surface area contributed by atoms with Crippen LogP contribution in [0.5, 0.6) is 0 Å². The van der Waals surface area contributed by atoms with Crippen LogP contribution in [0.25, 0.3) is 11.5 Å². The van der Waals surface area contributed by atoms with E-state index in [4.69, 9.17) is 4.52 Å². The Balaban J connectivity index is 1.52. The Morgan fingerprint density at radius 1 is 0.960 bits per heavy atom. The van der Waals surface area contributed by atoms with Crippen molar-refractivity contribution in [1.82, 2.24) is 20.1 Å². The van der Waals surface area contributed by atoms with Crippen molar-refractivity contribution in [3.8, 4) is 11.5 Å². The molecule has 0 atom stereocenters. The van der Waals surface area contributed by atoms with Crippen LogP contribution in [0.4, 0.5) is 11.5 Å². The Kier molecular flexibility index (Phi) is 4.05. The third-order valence-electron chi connectivity index (χ3n) is 4.43. The van der Waals surface area contributed by atoms with Gasteiger partial charge in [0.15, 0.2) is 5.82 Å². The zero-order valence-electron chi connectivity index (χ0n) is 14.4. The number of hydrogen-bond donors (Lipinski definition) is 0. The van der Waals surface area contributed by atoms with Crippen LogP contribution in [0.3, 0.4) is 0 Å². The van der Waals surface area contributed by atoms with Crippen LogP contribution in [0, 0.1) is 13.8 Å². The molecule has 3 heterocycles. The largest absolute Gasteiger partial charge is 0.368 e. The van der Waals surface area contributed by atoms with Crippen molar-refractivity contribution in [3.05, 3.63) is 48.2 Å². The van der Waals surface area contributed by atoms with Crippen molar-refractivity contribution in [2.75, 3.05) is 36.0 Å². The van der Waals surface area contributed by atoms with E-state index in [0.717, 1.165) is 37.6 Å². The lowest BCUT2D eigenvalue weighted by Crippen LogP contribution is -2.47. The predicted molar refractivity (Wildman–Crippen MR) is 95.7 cm³/mol. The molecular formula is C18H20N6O. The van der Waals surface area contributed by atoms with Crippen LogP contribution in [0.2, 0.25) is 0 Å². The van der Waals surface area contributed by atoms with Gasteiger partial charge in [-0.15, -0.1) is 0 Å². The molecule has 0 saturated carbocycles. The smallest absolute Gasteiger partial charge is 0.263 e. The molecule has 4 rings (SSSR count). The lowest BCUT2D eigenvalue weighted by molar-refractivity contribution is 0.425. The van der Waals surface area contributed by atoms with Crippen molar-refractivity contribution in [3.63, 3.8) is 0 Å². The molecule has 2 aromatic heterocycles. The highest BCUT2D eigenvalue weighted by Gasteiger charge is 2.23. The SMILES string of the molecule is Cc1ccc(N2CCN(c3ncncc3-c3nc(C)no3)CC2)cc1. The maximum absolute atomic E-state index is 5.31. The van der Waals surface area contributed by atoms with Crippen LogP contribution in [0.15, 0.2) is 41.3 Å². The topological polar surface area (TPSA) is 71.2 Å². The molecule has 0 radical (unpaired) electrons. The molecule has 1 aliphatic rings. The first-order chi connectivity index (χ1) is 12.2. The van der Waals surface area contributed by atoms with Gasteiger partial charge in [-0.2, -0.15) is 4.98 Å². The summed E-state index contributed by atoms with van der Waals surface area (Å²) in [4.78, 5) is 17.5. The lowest BCUT2D eigenvalue weighted by Gasteiger charge is -2.37. The van der Waals surface area contributed by atoms with E-state index >= 15 is 0 Å². The monoisotopic (exact) mass is 336 g/mol. The Morgan fingerprint density at radius 3 is 2.36 bits per heavy atom. The number of aromatic nitrogens is 4. The number of nitrogens with zero attached hydrogens (tertiary/aromatic N) is 6. The summed E-state index contributed by atoms with van der Waals surface area (Å²) < 4.78 is 5.31. The van der Waals surface area contributed by atoms with E-state index in [-0.39, 0.29) is 0 Å². The van der Waals surface area contributed by atoms with Crippen molar-refractivity contribution in [1.29, 1.82) is 0 Å². The van der Waals surface area contributed by atoms with Gasteiger partial charge in [0.05, 0.1) is 0 Å². The summed E-state index contributed by atoms with van der Waals surface area (Å²) >= 11 is 0. The number of anilines is 2. The van der Waals surface area contributed by atoms with Gasteiger partial charge in [-0.25, -0.2) is 9.97 Å². The third-order valence-corrected chi connectivity index (χ3v) is 4.43. The Morgan fingerprint density at radius 2 is 1.68 bits per heavy atom. The fourth-order valence-electron chi connectivity index (χ4n) is 3.06. The molecule has 3 aromatic rings. The van der Waals surface area contributed by atoms with Gasteiger partial charge in [0.2, 0.25) is 0 Å². The van der Waals surface area contributed by atoms with Gasteiger partial charge in [0.25, 0.3) is 5.89 Å². The van der Waals surface area contributed by atoms with E-state index in [1.807, 2.05) is 0 Å². The average Bonchev–Trinajstić information content (AvgIpc) is 3.09. The first kappa shape index (κ1) is 15.6. The molecule has 0 spiro atoms. The summed E-state index contributed by atoms with van der Waals surface area (Å²) in [5.74, 6) is 1.92. The second-order valence-corrected chi connectivity index (χ2v) is 6.22. The second-order valence-electron chi connectivity index (χ2n) is 6.22. The summed E-state index contributed by atoms with van der Waals surface area (Å²) in [7, 11) is 0. The number of benzene rings is 1. The second kappa shape index (κ2) is 6.51. The summed E-state index contributed by atoms with van der Waals surface area (Å²) in [5.41, 5.74) is 3.33. The van der Waals surface area contributed by atoms with E-state index in [1.54, 1.807) is 19.4 Å². The van der Waals surface area contributed by atoms with Gasteiger partial charge >= 0.3 is 0 Å². The molecule has 0 N–H and O–H groups in total. The molecule has 1 saturated heterocycles. The molecule has 25 heavy (non-hydrogen) atoms. The highest BCUT2D eigenvalue weighted by atomic mass is 16.5. The van der Waals surface area contributed by atoms with Gasteiger partial charge in [0, 0.05) is 38.1 Å². The van der Waals surface area contributed by atoms with E-state index in [0.29, 0.717) is 11.7 Å². The van der Waals surface area contributed by atoms with Gasteiger partial charge in [-0.1, -0.05) is 22.9 Å². The first-order valence-electron chi connectivity index (χ1n) is 8.38. The molecule has 0 amide bonds. The van der Waals surface area contributed by atoms with Gasteiger partial charge in [-0.3, -0.25) is 0 Å². The molecule has 0 bridgehead atoms. The molecule has 0 unspecified atom stereocenters. The van der Waals surface area contributed by atoms with Crippen LogP contribution in [-0.4, -0.2) is 46.3 Å². The van der Waals surface area contributed by atoms with Crippen LogP contribution >= 0.6 is 0 Å². The maximum Gasteiger partial charge on any atom is 0.263 e. The van der Waals surface area contributed by atoms with Crippen LogP contribution < -0.4 is 9.80 Å². The highest BCUT2D eigenvalue weighted by Crippen LogP contribution is 2.28. The molecule has 128 valence electrons. The standard InChI is InChI=1S/C18H20N6O/c1-13-3-5-15(6-4-13)23-7-9-24(10-8-23)17-16(11-19-12-20-17)18-21-14(2)22-25-18/h3-6,11-12H,7-10H2,1-2H3. The Labute approximate surface area is 146 Å². The number of piperazine rings is 1. The molecule has 7 heteroatoms. The molecule has 1 aliphatic heterocycles. The van der Waals surface area contributed by atoms with Crippen molar-refractivity contribution < 1.29 is 4.52 Å². The van der Waals surface area contributed by atoms with E-state index in [1.165, 1.54) is 11.3 Å². The number of hydrogen-bond acceptors (Lipinski definition) is 7. The number of aryl methyl sites for hydroxylation is 2. The minimum Gasteiger partial charge on any atom is -0.368 e. The van der Waals surface area contributed by atoms with E-state index in [2.05, 4.69) is 61.1 Å². The maximum atomic E-state index is 5.31.